The highest BCUT2D eigenvalue weighted by molar-refractivity contribution is 5.27. The lowest BCUT2D eigenvalue weighted by atomic mass is 9.99. The third-order valence-electron chi connectivity index (χ3n) is 3.00. The van der Waals surface area contributed by atoms with Crippen LogP contribution in [0.1, 0.15) is 30.4 Å². The van der Waals surface area contributed by atoms with Crippen molar-refractivity contribution in [3.05, 3.63) is 59.2 Å². The fraction of sp³-hybridized carbons (Fsp3) is 0.333. The molecular formula is C15H19N. The van der Waals surface area contributed by atoms with E-state index in [1.807, 2.05) is 0 Å². The maximum absolute atomic E-state index is 5.64. The molecule has 2 N–H and O–H groups in total. The Labute approximate surface area is 97.7 Å². The minimum Gasteiger partial charge on any atom is -0.326 e. The van der Waals surface area contributed by atoms with Gasteiger partial charge in [0.25, 0.3) is 0 Å². The van der Waals surface area contributed by atoms with Crippen molar-refractivity contribution >= 4 is 0 Å². The van der Waals surface area contributed by atoms with Gasteiger partial charge in [-0.05, 0) is 36.8 Å². The van der Waals surface area contributed by atoms with E-state index in [2.05, 4.69) is 42.5 Å². The van der Waals surface area contributed by atoms with E-state index in [0.717, 1.165) is 12.8 Å². The van der Waals surface area contributed by atoms with Gasteiger partial charge in [-0.15, -0.1) is 0 Å². The Hall–Kier alpha value is -1.34. The third-order valence-corrected chi connectivity index (χ3v) is 3.00. The number of rotatable bonds is 4. The second-order valence-electron chi connectivity index (χ2n) is 4.28. The Bertz CT molecular complexity index is 402. The lowest BCUT2D eigenvalue weighted by Crippen LogP contribution is -1.97. The second kappa shape index (κ2) is 5.66. The normalized spacial score (nSPS) is 14.9. The highest BCUT2D eigenvalue weighted by atomic mass is 14.5. The predicted octanol–water partition coefficient (Wildman–Crippen LogP) is 3.35. The monoisotopic (exact) mass is 213 g/mol. The molecule has 0 saturated heterocycles. The summed E-state index contributed by atoms with van der Waals surface area (Å²) in [4.78, 5) is 0. The van der Waals surface area contributed by atoms with E-state index in [9.17, 15) is 0 Å². The molecule has 0 aliphatic heterocycles. The first-order valence-corrected chi connectivity index (χ1v) is 6.02. The largest absolute Gasteiger partial charge is 0.326 e. The van der Waals surface area contributed by atoms with Gasteiger partial charge in [0.1, 0.15) is 0 Å². The summed E-state index contributed by atoms with van der Waals surface area (Å²) >= 11 is 0. The topological polar surface area (TPSA) is 26.0 Å². The second-order valence-corrected chi connectivity index (χ2v) is 4.28. The van der Waals surface area contributed by atoms with Crippen LogP contribution in [0.25, 0.3) is 0 Å². The average Bonchev–Trinajstić information content (AvgIpc) is 2.38. The van der Waals surface area contributed by atoms with E-state index in [1.165, 1.54) is 29.5 Å². The predicted molar refractivity (Wildman–Crippen MR) is 69.1 cm³/mol. The molecular weight excluding hydrogens is 194 g/mol. The van der Waals surface area contributed by atoms with E-state index in [0.29, 0.717) is 6.54 Å². The Morgan fingerprint density at radius 1 is 1.06 bits per heavy atom. The molecule has 1 aliphatic rings. The molecule has 0 heterocycles. The number of benzene rings is 1. The lowest BCUT2D eigenvalue weighted by molar-refractivity contribution is 0.916. The Morgan fingerprint density at radius 2 is 1.94 bits per heavy atom. The molecule has 16 heavy (non-hydrogen) atoms. The molecule has 1 aromatic rings. The number of hydrogen-bond donors (Lipinski definition) is 1. The standard InChI is InChI=1S/C15H19N/c16-12-15-8-4-7-14(11-15)10-9-13-5-2-1-3-6-13/h2,4-8,11H,1,3,9-10,12,16H2. The van der Waals surface area contributed by atoms with Crippen LogP contribution in [0.5, 0.6) is 0 Å². The van der Waals surface area contributed by atoms with Gasteiger partial charge in [0.15, 0.2) is 0 Å². The number of aryl methyl sites for hydroxylation is 1. The molecule has 1 heteroatoms. The van der Waals surface area contributed by atoms with Crippen molar-refractivity contribution in [3.8, 4) is 0 Å². The van der Waals surface area contributed by atoms with Gasteiger partial charge >= 0.3 is 0 Å². The van der Waals surface area contributed by atoms with Crippen molar-refractivity contribution in [2.45, 2.75) is 32.2 Å². The Balaban J connectivity index is 1.93. The van der Waals surface area contributed by atoms with Crippen molar-refractivity contribution in [1.29, 1.82) is 0 Å². The molecule has 0 aromatic heterocycles. The van der Waals surface area contributed by atoms with Crippen LogP contribution in [-0.2, 0) is 13.0 Å². The number of nitrogens with two attached hydrogens (primary N) is 1. The SMILES string of the molecule is NCc1cccc(CCC2=CCCC=C2)c1. The zero-order valence-corrected chi connectivity index (χ0v) is 9.65. The summed E-state index contributed by atoms with van der Waals surface area (Å²) in [6.45, 7) is 0.635. The summed E-state index contributed by atoms with van der Waals surface area (Å²) in [5, 5.41) is 0. The molecule has 0 fully saturated rings. The zero-order chi connectivity index (χ0) is 11.2. The van der Waals surface area contributed by atoms with E-state index < -0.39 is 0 Å². The summed E-state index contributed by atoms with van der Waals surface area (Å²) in [6, 6.07) is 8.59. The number of allylic oxidation sites excluding steroid dienone is 4. The van der Waals surface area contributed by atoms with Crippen LogP contribution in [0.15, 0.2) is 48.1 Å². The maximum atomic E-state index is 5.64. The van der Waals surface area contributed by atoms with Crippen molar-refractivity contribution in [2.75, 3.05) is 0 Å². The van der Waals surface area contributed by atoms with Gasteiger partial charge in [0, 0.05) is 6.54 Å². The van der Waals surface area contributed by atoms with Gasteiger partial charge in [-0.1, -0.05) is 48.1 Å². The van der Waals surface area contributed by atoms with Crippen molar-refractivity contribution in [1.82, 2.24) is 0 Å². The summed E-state index contributed by atoms with van der Waals surface area (Å²) in [5.41, 5.74) is 9.73. The third kappa shape index (κ3) is 3.07. The van der Waals surface area contributed by atoms with Crippen molar-refractivity contribution in [3.63, 3.8) is 0 Å². The van der Waals surface area contributed by atoms with E-state index in [1.54, 1.807) is 0 Å². The van der Waals surface area contributed by atoms with Crippen LogP contribution in [0, 0.1) is 0 Å². The van der Waals surface area contributed by atoms with E-state index >= 15 is 0 Å². The van der Waals surface area contributed by atoms with E-state index in [-0.39, 0.29) is 0 Å². The quantitative estimate of drug-likeness (QED) is 0.815. The molecule has 1 nitrogen and oxygen atoms in total. The fourth-order valence-electron chi connectivity index (χ4n) is 2.05. The summed E-state index contributed by atoms with van der Waals surface area (Å²) < 4.78 is 0. The first-order valence-electron chi connectivity index (χ1n) is 6.02. The summed E-state index contributed by atoms with van der Waals surface area (Å²) in [7, 11) is 0. The van der Waals surface area contributed by atoms with Gasteiger partial charge < -0.3 is 5.73 Å². The highest BCUT2D eigenvalue weighted by Crippen LogP contribution is 2.16. The molecule has 0 spiro atoms. The van der Waals surface area contributed by atoms with Gasteiger partial charge in [-0.2, -0.15) is 0 Å². The van der Waals surface area contributed by atoms with Crippen LogP contribution in [0.2, 0.25) is 0 Å². The van der Waals surface area contributed by atoms with Crippen LogP contribution >= 0.6 is 0 Å². The molecule has 1 aliphatic carbocycles. The summed E-state index contributed by atoms with van der Waals surface area (Å²) in [6.07, 6.45) is 11.5. The highest BCUT2D eigenvalue weighted by Gasteiger charge is 1.99. The van der Waals surface area contributed by atoms with Gasteiger partial charge in [-0.3, -0.25) is 0 Å². The molecule has 0 saturated carbocycles. The smallest absolute Gasteiger partial charge is 0.0178 e. The zero-order valence-electron chi connectivity index (χ0n) is 9.65. The molecule has 2 rings (SSSR count). The van der Waals surface area contributed by atoms with Gasteiger partial charge in [-0.25, -0.2) is 0 Å². The van der Waals surface area contributed by atoms with Crippen LogP contribution < -0.4 is 5.73 Å². The van der Waals surface area contributed by atoms with E-state index in [4.69, 9.17) is 5.73 Å². The molecule has 0 unspecified atom stereocenters. The van der Waals surface area contributed by atoms with Gasteiger partial charge in [0.05, 0.1) is 0 Å². The molecule has 84 valence electrons. The molecule has 0 bridgehead atoms. The minimum absolute atomic E-state index is 0.635. The Morgan fingerprint density at radius 3 is 2.69 bits per heavy atom. The maximum Gasteiger partial charge on any atom is 0.0178 e. The molecule has 0 radical (unpaired) electrons. The Kier molecular flexibility index (Phi) is 3.95. The average molecular weight is 213 g/mol. The first kappa shape index (κ1) is 11.2. The van der Waals surface area contributed by atoms with Crippen molar-refractivity contribution < 1.29 is 0 Å². The fourth-order valence-corrected chi connectivity index (χ4v) is 2.05. The van der Waals surface area contributed by atoms with Crippen molar-refractivity contribution in [2.24, 2.45) is 5.73 Å². The minimum atomic E-state index is 0.635. The van der Waals surface area contributed by atoms with Crippen LogP contribution in [0.4, 0.5) is 0 Å². The van der Waals surface area contributed by atoms with Crippen LogP contribution in [-0.4, -0.2) is 0 Å². The van der Waals surface area contributed by atoms with Crippen LogP contribution in [0.3, 0.4) is 0 Å². The summed E-state index contributed by atoms with van der Waals surface area (Å²) in [5.74, 6) is 0. The molecule has 1 aromatic carbocycles. The molecule has 0 atom stereocenters. The number of hydrogen-bond acceptors (Lipinski definition) is 1. The first-order chi connectivity index (χ1) is 7.88. The lowest BCUT2D eigenvalue weighted by Gasteiger charge is -2.07. The molecule has 0 amide bonds. The van der Waals surface area contributed by atoms with Gasteiger partial charge in [0.2, 0.25) is 0 Å².